The van der Waals surface area contributed by atoms with Gasteiger partial charge in [0.05, 0.1) is 27.4 Å². The first-order valence-electron chi connectivity index (χ1n) is 21.8. The minimum Gasteiger partial charge on any atom is -0.494 e. The van der Waals surface area contributed by atoms with Crippen molar-refractivity contribution in [3.63, 3.8) is 0 Å². The molecule has 0 radical (unpaired) electrons. The van der Waals surface area contributed by atoms with E-state index in [0.29, 0.717) is 38.1 Å². The van der Waals surface area contributed by atoms with E-state index in [2.05, 4.69) is 185 Å². The number of hydrogen-bond acceptors (Lipinski definition) is 6. The van der Waals surface area contributed by atoms with Crippen LogP contribution in [0.15, 0.2) is 126 Å². The van der Waals surface area contributed by atoms with E-state index in [9.17, 15) is 0 Å². The highest BCUT2D eigenvalue weighted by atomic mass is 127. The smallest absolute Gasteiger partial charge is 0.145 e. The van der Waals surface area contributed by atoms with Crippen LogP contribution in [0.25, 0.3) is 44.8 Å². The minimum atomic E-state index is 0.492. The largest absolute Gasteiger partial charge is 0.494 e. The predicted molar refractivity (Wildman–Crippen MR) is 274 cm³/mol. The van der Waals surface area contributed by atoms with Crippen molar-refractivity contribution in [3.8, 4) is 34.3 Å². The Labute approximate surface area is 400 Å². The van der Waals surface area contributed by atoms with Crippen LogP contribution in [0.4, 0.5) is 0 Å². The van der Waals surface area contributed by atoms with Crippen molar-refractivity contribution in [1.29, 1.82) is 0 Å². The van der Waals surface area contributed by atoms with Crippen molar-refractivity contribution >= 4 is 60.6 Å². The number of benzene rings is 6. The molecule has 0 aliphatic carbocycles. The Morgan fingerprint density at radius 1 is 0.547 bits per heavy atom. The Morgan fingerprint density at radius 2 is 0.953 bits per heavy atom. The standard InChI is InChI=1S/C27H29BrN2O2.C27H29IN2O2/c2*1-18(2)20-10-12-21(13-11-20)27-29-25-24(28)22(16-19-8-6-5-7-9-19)17-23(32-4)26(25)30(27)14-15-31-3/h2*5-13,17-18H,14-16H2,1-4H3. The van der Waals surface area contributed by atoms with Crippen LogP contribution in [0.3, 0.4) is 0 Å². The van der Waals surface area contributed by atoms with Crippen LogP contribution in [0.2, 0.25) is 0 Å². The lowest BCUT2D eigenvalue weighted by molar-refractivity contribution is 0.188. The van der Waals surface area contributed by atoms with Crippen LogP contribution in [0, 0.1) is 3.57 Å². The van der Waals surface area contributed by atoms with Gasteiger partial charge in [-0.2, -0.15) is 0 Å². The number of nitrogens with zero attached hydrogens (tertiary/aromatic N) is 4. The Hall–Kier alpha value is -5.01. The number of fused-ring (bicyclic) bond motifs is 2. The number of halogens is 2. The molecule has 6 aromatic carbocycles. The summed E-state index contributed by atoms with van der Waals surface area (Å²) in [6.07, 6.45) is 1.64. The normalized spacial score (nSPS) is 11.4. The van der Waals surface area contributed by atoms with Crippen molar-refractivity contribution in [3.05, 3.63) is 163 Å². The number of rotatable bonds is 16. The highest BCUT2D eigenvalue weighted by Crippen LogP contribution is 2.40. The van der Waals surface area contributed by atoms with Crippen LogP contribution in [0.5, 0.6) is 11.5 Å². The summed E-state index contributed by atoms with van der Waals surface area (Å²) >= 11 is 6.30. The average Bonchev–Trinajstić information content (AvgIpc) is 3.90. The summed E-state index contributed by atoms with van der Waals surface area (Å²) < 4.78 is 29.2. The first-order chi connectivity index (χ1) is 31.1. The summed E-state index contributed by atoms with van der Waals surface area (Å²) in [4.78, 5) is 10.2. The molecule has 0 N–H and O–H groups in total. The fourth-order valence-corrected chi connectivity index (χ4v) is 9.32. The SMILES string of the molecule is COCCn1c(-c2ccc(C(C)C)cc2)nc2c(Br)c(Cc3ccccc3)cc(OC)c21.COCCn1c(-c2ccc(C(C)C)cc2)nc2c(I)c(Cc3ccccc3)cc(OC)c21. The van der Waals surface area contributed by atoms with E-state index in [-0.39, 0.29) is 0 Å². The summed E-state index contributed by atoms with van der Waals surface area (Å²) in [7, 11) is 6.91. The third kappa shape index (κ3) is 10.4. The highest BCUT2D eigenvalue weighted by Gasteiger charge is 2.23. The molecule has 8 nitrogen and oxygen atoms in total. The summed E-state index contributed by atoms with van der Waals surface area (Å²) in [6, 6.07) is 42.7. The second-order valence-electron chi connectivity index (χ2n) is 16.5. The highest BCUT2D eigenvalue weighted by molar-refractivity contribution is 14.1. The molecular formula is C54H58BrIN4O4. The van der Waals surface area contributed by atoms with Gasteiger partial charge in [0.1, 0.15) is 45.2 Å². The second-order valence-corrected chi connectivity index (χ2v) is 18.4. The molecule has 0 saturated carbocycles. The third-order valence-electron chi connectivity index (χ3n) is 11.6. The van der Waals surface area contributed by atoms with Crippen molar-refractivity contribution in [2.45, 2.75) is 65.5 Å². The van der Waals surface area contributed by atoms with Gasteiger partial charge in [-0.25, -0.2) is 9.97 Å². The first kappa shape index (κ1) is 47.0. The summed E-state index contributed by atoms with van der Waals surface area (Å²) in [5.41, 5.74) is 13.6. The maximum atomic E-state index is 5.88. The Balaban J connectivity index is 0.000000191. The number of methoxy groups -OCH3 is 4. The van der Waals surface area contributed by atoms with Gasteiger partial charge in [0.2, 0.25) is 0 Å². The van der Waals surface area contributed by atoms with E-state index in [4.69, 9.17) is 28.9 Å². The molecule has 8 rings (SSSR count). The monoisotopic (exact) mass is 1030 g/mol. The van der Waals surface area contributed by atoms with E-state index in [1.54, 1.807) is 28.4 Å². The summed E-state index contributed by atoms with van der Waals surface area (Å²) in [5, 5.41) is 0. The lowest BCUT2D eigenvalue weighted by atomic mass is 10.0. The molecule has 64 heavy (non-hydrogen) atoms. The molecule has 0 fully saturated rings. The average molecular weight is 1030 g/mol. The number of imidazole rings is 2. The van der Waals surface area contributed by atoms with Gasteiger partial charge in [-0.05, 0) is 109 Å². The van der Waals surface area contributed by atoms with E-state index in [0.717, 1.165) is 79.2 Å². The third-order valence-corrected chi connectivity index (χ3v) is 13.7. The van der Waals surface area contributed by atoms with Gasteiger partial charge in [-0.3, -0.25) is 0 Å². The number of hydrogen-bond donors (Lipinski definition) is 0. The van der Waals surface area contributed by atoms with Gasteiger partial charge < -0.3 is 28.1 Å². The molecule has 0 atom stereocenters. The zero-order chi connectivity index (χ0) is 45.3. The molecule has 0 unspecified atom stereocenters. The molecule has 10 heteroatoms. The van der Waals surface area contributed by atoms with E-state index < -0.39 is 0 Å². The minimum absolute atomic E-state index is 0.492. The van der Waals surface area contributed by atoms with Crippen LogP contribution in [-0.2, 0) is 35.4 Å². The van der Waals surface area contributed by atoms with Gasteiger partial charge in [-0.1, -0.05) is 137 Å². The Morgan fingerprint density at radius 3 is 1.38 bits per heavy atom. The molecule has 8 aromatic rings. The molecule has 0 aliphatic heterocycles. The van der Waals surface area contributed by atoms with Crippen molar-refractivity contribution in [2.75, 3.05) is 41.7 Å². The van der Waals surface area contributed by atoms with Crippen molar-refractivity contribution in [2.24, 2.45) is 0 Å². The molecule has 332 valence electrons. The maximum Gasteiger partial charge on any atom is 0.145 e. The van der Waals surface area contributed by atoms with Crippen LogP contribution in [0.1, 0.15) is 72.9 Å². The molecule has 0 bridgehead atoms. The zero-order valence-corrected chi connectivity index (χ0v) is 41.9. The van der Waals surface area contributed by atoms with Crippen LogP contribution in [-0.4, -0.2) is 60.8 Å². The molecule has 2 aromatic heterocycles. The fourth-order valence-electron chi connectivity index (χ4n) is 8.07. The van der Waals surface area contributed by atoms with Crippen LogP contribution < -0.4 is 9.47 Å². The van der Waals surface area contributed by atoms with E-state index in [1.807, 2.05) is 12.1 Å². The molecule has 0 spiro atoms. The topological polar surface area (TPSA) is 72.6 Å². The number of aromatic nitrogens is 4. The van der Waals surface area contributed by atoms with Gasteiger partial charge in [0, 0.05) is 46.5 Å². The summed E-state index contributed by atoms with van der Waals surface area (Å²) in [5.74, 6) is 4.52. The molecule has 2 heterocycles. The van der Waals surface area contributed by atoms with Crippen molar-refractivity contribution in [1.82, 2.24) is 19.1 Å². The van der Waals surface area contributed by atoms with E-state index in [1.165, 1.54) is 31.4 Å². The predicted octanol–water partition coefficient (Wildman–Crippen LogP) is 13.5. The Kier molecular flexibility index (Phi) is 16.0. The molecule has 0 aliphatic rings. The lowest BCUT2D eigenvalue weighted by Gasteiger charge is -2.14. The van der Waals surface area contributed by atoms with E-state index >= 15 is 0 Å². The van der Waals surface area contributed by atoms with Gasteiger partial charge >= 0.3 is 0 Å². The maximum absolute atomic E-state index is 5.88. The fraction of sp³-hybridized carbons (Fsp3) is 0.296. The van der Waals surface area contributed by atoms with Crippen molar-refractivity contribution < 1.29 is 18.9 Å². The molecule has 0 saturated heterocycles. The lowest BCUT2D eigenvalue weighted by Crippen LogP contribution is -2.07. The summed E-state index contributed by atoms with van der Waals surface area (Å²) in [6.45, 7) is 11.4. The molecule has 0 amide bonds. The van der Waals surface area contributed by atoms with Gasteiger partial charge in [0.25, 0.3) is 0 Å². The van der Waals surface area contributed by atoms with Crippen LogP contribution >= 0.6 is 38.5 Å². The Bertz CT molecular complexity index is 2590. The van der Waals surface area contributed by atoms with Gasteiger partial charge in [-0.15, -0.1) is 0 Å². The molecular weight excluding hydrogens is 975 g/mol. The second kappa shape index (κ2) is 21.8. The quantitative estimate of drug-likeness (QED) is 0.0898. The first-order valence-corrected chi connectivity index (χ1v) is 23.7. The zero-order valence-electron chi connectivity index (χ0n) is 38.1. The number of ether oxygens (including phenoxy) is 4. The van der Waals surface area contributed by atoms with Gasteiger partial charge in [0.15, 0.2) is 0 Å².